The van der Waals surface area contributed by atoms with E-state index >= 15 is 0 Å². The lowest BCUT2D eigenvalue weighted by molar-refractivity contribution is -0.120. The molecule has 27 heavy (non-hydrogen) atoms. The Labute approximate surface area is 159 Å². The molecule has 6 nitrogen and oxygen atoms in total. The van der Waals surface area contributed by atoms with Crippen LogP contribution in [0.1, 0.15) is 32.7 Å². The van der Waals surface area contributed by atoms with E-state index in [1.54, 1.807) is 12.4 Å². The van der Waals surface area contributed by atoms with Gasteiger partial charge in [0.2, 0.25) is 11.9 Å². The van der Waals surface area contributed by atoms with Crippen molar-refractivity contribution in [1.29, 1.82) is 0 Å². The zero-order valence-electron chi connectivity index (χ0n) is 15.8. The molecule has 0 radical (unpaired) electrons. The van der Waals surface area contributed by atoms with Crippen LogP contribution in [0.3, 0.4) is 0 Å². The number of nitrogens with one attached hydrogen (secondary N) is 1. The van der Waals surface area contributed by atoms with Crippen molar-refractivity contribution in [2.24, 2.45) is 5.92 Å². The van der Waals surface area contributed by atoms with Gasteiger partial charge in [-0.05, 0) is 51.0 Å². The topological polar surface area (TPSA) is 63.1 Å². The molecule has 6 heteroatoms. The van der Waals surface area contributed by atoms with Crippen molar-refractivity contribution in [1.82, 2.24) is 14.5 Å². The zero-order chi connectivity index (χ0) is 18.8. The Morgan fingerprint density at radius 3 is 2.78 bits per heavy atom. The summed E-state index contributed by atoms with van der Waals surface area (Å²) >= 11 is 0. The smallest absolute Gasteiger partial charge is 0.229 e. The maximum Gasteiger partial charge on any atom is 0.229 e. The Kier molecular flexibility index (Phi) is 4.79. The number of hydrogen-bond donors (Lipinski definition) is 1. The number of carbonyl (C=O) groups is 1. The molecule has 1 amide bonds. The van der Waals surface area contributed by atoms with Gasteiger partial charge in [-0.15, -0.1) is 0 Å². The minimum atomic E-state index is -0.0648. The summed E-state index contributed by atoms with van der Waals surface area (Å²) in [5.41, 5.74) is 2.02. The van der Waals surface area contributed by atoms with Gasteiger partial charge < -0.3 is 14.8 Å². The molecule has 140 valence electrons. The molecule has 0 spiro atoms. The quantitative estimate of drug-likeness (QED) is 0.764. The van der Waals surface area contributed by atoms with E-state index in [9.17, 15) is 4.79 Å². The highest BCUT2D eigenvalue weighted by Crippen LogP contribution is 2.28. The van der Waals surface area contributed by atoms with Crippen molar-refractivity contribution < 1.29 is 4.79 Å². The molecule has 0 bridgehead atoms. The lowest BCUT2D eigenvalue weighted by Gasteiger charge is -2.31. The zero-order valence-corrected chi connectivity index (χ0v) is 15.8. The second-order valence-corrected chi connectivity index (χ2v) is 7.38. The maximum atomic E-state index is 12.9. The van der Waals surface area contributed by atoms with E-state index in [4.69, 9.17) is 0 Å². The normalized spacial score (nSPS) is 17.4. The standard InChI is InChI=1S/C21H25N5O/c1-15(2)26-13-9-17-18(7-3-8-19(17)26)24-20(27)16-6-4-12-25(14-16)21-22-10-5-11-23-21/h3,5,7-11,13,15-16H,4,6,12,14H2,1-2H3,(H,24,27). The molecule has 1 fully saturated rings. The Bertz CT molecular complexity index is 934. The number of hydrogen-bond acceptors (Lipinski definition) is 4. The fourth-order valence-corrected chi connectivity index (χ4v) is 3.81. The predicted molar refractivity (Wildman–Crippen MR) is 108 cm³/mol. The number of carbonyl (C=O) groups excluding carboxylic acids is 1. The number of nitrogens with zero attached hydrogens (tertiary/aromatic N) is 4. The third kappa shape index (κ3) is 3.52. The van der Waals surface area contributed by atoms with Crippen LogP contribution in [0.4, 0.5) is 11.6 Å². The molecule has 3 heterocycles. The third-order valence-corrected chi connectivity index (χ3v) is 5.20. The van der Waals surface area contributed by atoms with Crippen LogP contribution in [0.2, 0.25) is 0 Å². The highest BCUT2D eigenvalue weighted by molar-refractivity contribution is 6.02. The van der Waals surface area contributed by atoms with Crippen LogP contribution in [0.5, 0.6) is 0 Å². The lowest BCUT2D eigenvalue weighted by atomic mass is 9.97. The van der Waals surface area contributed by atoms with Crippen molar-refractivity contribution in [3.05, 3.63) is 48.9 Å². The number of amides is 1. The van der Waals surface area contributed by atoms with Crippen LogP contribution in [-0.4, -0.2) is 33.5 Å². The molecule has 1 atom stereocenters. The molecule has 0 aliphatic carbocycles. The SMILES string of the molecule is CC(C)n1ccc2c(NC(=O)C3CCCN(c4ncccn4)C3)cccc21. The van der Waals surface area contributed by atoms with Crippen molar-refractivity contribution in [2.75, 3.05) is 23.3 Å². The van der Waals surface area contributed by atoms with E-state index < -0.39 is 0 Å². The average Bonchev–Trinajstić information content (AvgIpc) is 3.14. The molecule has 1 aliphatic heterocycles. The van der Waals surface area contributed by atoms with E-state index in [1.165, 1.54) is 0 Å². The summed E-state index contributed by atoms with van der Waals surface area (Å²) in [4.78, 5) is 23.7. The fourth-order valence-electron chi connectivity index (χ4n) is 3.81. The van der Waals surface area contributed by atoms with Crippen LogP contribution in [-0.2, 0) is 4.79 Å². The molecule has 3 aromatic rings. The molecule has 0 saturated carbocycles. The molecular formula is C21H25N5O. The van der Waals surface area contributed by atoms with Gasteiger partial charge in [-0.2, -0.15) is 0 Å². The van der Waals surface area contributed by atoms with E-state index in [2.05, 4.69) is 56.9 Å². The van der Waals surface area contributed by atoms with E-state index in [-0.39, 0.29) is 11.8 Å². The van der Waals surface area contributed by atoms with Crippen molar-refractivity contribution >= 4 is 28.4 Å². The molecule has 2 aromatic heterocycles. The number of anilines is 2. The number of fused-ring (bicyclic) bond motifs is 1. The van der Waals surface area contributed by atoms with E-state index in [1.807, 2.05) is 18.2 Å². The van der Waals surface area contributed by atoms with Crippen LogP contribution >= 0.6 is 0 Å². The minimum absolute atomic E-state index is 0.0648. The summed E-state index contributed by atoms with van der Waals surface area (Å²) in [7, 11) is 0. The highest BCUT2D eigenvalue weighted by atomic mass is 16.1. The summed E-state index contributed by atoms with van der Waals surface area (Å²) in [6.07, 6.45) is 7.42. The summed E-state index contributed by atoms with van der Waals surface area (Å²) in [5.74, 6) is 0.705. The highest BCUT2D eigenvalue weighted by Gasteiger charge is 2.27. The van der Waals surface area contributed by atoms with Crippen molar-refractivity contribution in [2.45, 2.75) is 32.7 Å². The summed E-state index contributed by atoms with van der Waals surface area (Å²) in [5, 5.41) is 4.24. The van der Waals surface area contributed by atoms with Gasteiger partial charge in [0.15, 0.2) is 0 Å². The van der Waals surface area contributed by atoms with E-state index in [0.29, 0.717) is 18.5 Å². The maximum absolute atomic E-state index is 12.9. The van der Waals surface area contributed by atoms with Gasteiger partial charge in [-0.25, -0.2) is 9.97 Å². The first-order valence-electron chi connectivity index (χ1n) is 9.56. The minimum Gasteiger partial charge on any atom is -0.345 e. The molecule has 1 unspecified atom stereocenters. The van der Waals surface area contributed by atoms with Gasteiger partial charge in [-0.1, -0.05) is 6.07 Å². The molecule has 1 N–H and O–H groups in total. The van der Waals surface area contributed by atoms with Crippen LogP contribution < -0.4 is 10.2 Å². The lowest BCUT2D eigenvalue weighted by Crippen LogP contribution is -2.41. The summed E-state index contributed by atoms with van der Waals surface area (Å²) in [6.45, 7) is 5.86. The first-order valence-corrected chi connectivity index (χ1v) is 9.56. The first-order chi connectivity index (χ1) is 13.1. The van der Waals surface area contributed by atoms with Gasteiger partial charge >= 0.3 is 0 Å². The summed E-state index contributed by atoms with van der Waals surface area (Å²) < 4.78 is 2.22. The molecule has 1 aromatic carbocycles. The van der Waals surface area contributed by atoms with Gasteiger partial charge in [-0.3, -0.25) is 4.79 Å². The molecular weight excluding hydrogens is 338 g/mol. The second kappa shape index (κ2) is 7.39. The Morgan fingerprint density at radius 1 is 1.19 bits per heavy atom. The van der Waals surface area contributed by atoms with Gasteiger partial charge in [0.05, 0.1) is 17.1 Å². The van der Waals surface area contributed by atoms with Crippen molar-refractivity contribution in [3.63, 3.8) is 0 Å². The Balaban J connectivity index is 1.51. The van der Waals surface area contributed by atoms with Crippen LogP contribution in [0, 0.1) is 5.92 Å². The predicted octanol–water partition coefficient (Wildman–Crippen LogP) is 3.87. The second-order valence-electron chi connectivity index (χ2n) is 7.38. The number of aromatic nitrogens is 3. The molecule has 1 aliphatic rings. The van der Waals surface area contributed by atoms with Crippen LogP contribution in [0.15, 0.2) is 48.9 Å². The van der Waals surface area contributed by atoms with Gasteiger partial charge in [0.25, 0.3) is 0 Å². The monoisotopic (exact) mass is 363 g/mol. The average molecular weight is 363 g/mol. The number of rotatable bonds is 4. The first kappa shape index (κ1) is 17.5. The van der Waals surface area contributed by atoms with Gasteiger partial charge in [0, 0.05) is 43.1 Å². The Morgan fingerprint density at radius 2 is 2.00 bits per heavy atom. The fraction of sp³-hybridized carbons (Fsp3) is 0.381. The largest absolute Gasteiger partial charge is 0.345 e. The molecule has 1 saturated heterocycles. The Hall–Kier alpha value is -2.89. The van der Waals surface area contributed by atoms with Gasteiger partial charge in [0.1, 0.15) is 0 Å². The third-order valence-electron chi connectivity index (χ3n) is 5.20. The molecule has 4 rings (SSSR count). The van der Waals surface area contributed by atoms with E-state index in [0.717, 1.165) is 36.0 Å². The number of piperidine rings is 1. The van der Waals surface area contributed by atoms with Crippen molar-refractivity contribution in [3.8, 4) is 0 Å². The van der Waals surface area contributed by atoms with Crippen LogP contribution in [0.25, 0.3) is 10.9 Å². The number of benzene rings is 1. The summed E-state index contributed by atoms with van der Waals surface area (Å²) in [6, 6.07) is 10.3.